The summed E-state index contributed by atoms with van der Waals surface area (Å²) in [6.45, 7) is 12.7. The maximum atomic E-state index is 13.1. The molecule has 196 valence electrons. The third-order valence-electron chi connectivity index (χ3n) is 11.5. The van der Waals surface area contributed by atoms with Gasteiger partial charge in [0.25, 0.3) is 0 Å². The molecule has 0 aromatic rings. The van der Waals surface area contributed by atoms with Crippen molar-refractivity contribution in [2.45, 2.75) is 110 Å². The molecule has 0 amide bonds. The minimum Gasteiger partial charge on any atom is -0.465 e. The number of hydrogen-bond donors (Lipinski definition) is 4. The molecule has 0 radical (unpaired) electrons. The molecule has 4 fully saturated rings. The molecule has 3 saturated carbocycles. The van der Waals surface area contributed by atoms with E-state index in [1.807, 2.05) is 6.92 Å². The quantitative estimate of drug-likeness (QED) is 0.449. The molecule has 1 heterocycles. The smallest absolute Gasteiger partial charge is 0.309 e. The Bertz CT molecular complexity index is 766. The lowest BCUT2D eigenvalue weighted by molar-refractivity contribution is -0.179. The second kappa shape index (κ2) is 9.00. The summed E-state index contributed by atoms with van der Waals surface area (Å²) in [5, 5.41) is 43.1. The Morgan fingerprint density at radius 1 is 1.00 bits per heavy atom. The van der Waals surface area contributed by atoms with Crippen LogP contribution in [0.15, 0.2) is 0 Å². The largest absolute Gasteiger partial charge is 0.465 e. The normalized spacial score (nSPS) is 49.3. The Kier molecular flexibility index (Phi) is 6.98. The molecule has 4 N–H and O–H groups in total. The average Bonchev–Trinajstić information content (AvgIpc) is 3.04. The number of rotatable bonds is 5. The lowest BCUT2D eigenvalue weighted by Crippen LogP contribution is -2.58. The lowest BCUT2D eigenvalue weighted by atomic mass is 9.48. The molecule has 0 bridgehead atoms. The number of carbonyl (C=O) groups excluding carboxylic acids is 1. The third kappa shape index (κ3) is 4.14. The molecular weight excluding hydrogens is 432 g/mol. The monoisotopic (exact) mass is 480 g/mol. The van der Waals surface area contributed by atoms with Crippen molar-refractivity contribution in [3.63, 3.8) is 0 Å². The van der Waals surface area contributed by atoms with Crippen LogP contribution in [-0.4, -0.2) is 56.9 Å². The number of hydrogen-bond acceptors (Lipinski definition) is 6. The first-order valence-electron chi connectivity index (χ1n) is 13.7. The summed E-state index contributed by atoms with van der Waals surface area (Å²) < 4.78 is 5.88. The van der Waals surface area contributed by atoms with Crippen LogP contribution in [0.5, 0.6) is 0 Å². The summed E-state index contributed by atoms with van der Waals surface area (Å²) in [5.41, 5.74) is -1.61. The van der Waals surface area contributed by atoms with E-state index in [9.17, 15) is 25.2 Å². The topological polar surface area (TPSA) is 107 Å². The molecule has 0 spiro atoms. The number of aliphatic hydroxyl groups is 4. The van der Waals surface area contributed by atoms with Gasteiger partial charge in [-0.15, -0.1) is 0 Å². The Morgan fingerprint density at radius 3 is 2.29 bits per heavy atom. The first-order chi connectivity index (χ1) is 15.7. The van der Waals surface area contributed by atoms with Crippen molar-refractivity contribution in [1.29, 1.82) is 0 Å². The molecular formula is C28H48O6. The number of esters is 1. The second-order valence-corrected chi connectivity index (χ2v) is 13.6. The van der Waals surface area contributed by atoms with Gasteiger partial charge in [-0.2, -0.15) is 0 Å². The zero-order valence-corrected chi connectivity index (χ0v) is 22.0. The first kappa shape index (κ1) is 26.4. The molecule has 34 heavy (non-hydrogen) atoms. The van der Waals surface area contributed by atoms with Crippen LogP contribution < -0.4 is 0 Å². The van der Waals surface area contributed by atoms with E-state index in [0.717, 1.165) is 25.7 Å². The van der Waals surface area contributed by atoms with E-state index in [2.05, 4.69) is 27.7 Å². The predicted molar refractivity (Wildman–Crippen MR) is 130 cm³/mol. The van der Waals surface area contributed by atoms with Crippen molar-refractivity contribution in [1.82, 2.24) is 0 Å². The standard InChI is InChI=1S/C28H48O6/c1-15(2)16(3)24(31)22(29)11-17-7-8-19-18-14-34-25(32)21-12-28(6,33)23(30)13-27(21,5)20(18)9-10-26(17,19)4/h15-24,29-31,33H,7-14H2,1-6H3/t16?,17?,18?,19?,20?,21?,22?,23-,24?,26?,27?,28-/m1/s1. The van der Waals surface area contributed by atoms with E-state index >= 15 is 0 Å². The van der Waals surface area contributed by atoms with Crippen molar-refractivity contribution in [2.24, 2.45) is 52.3 Å². The first-order valence-corrected chi connectivity index (χ1v) is 13.7. The second-order valence-electron chi connectivity index (χ2n) is 13.6. The van der Waals surface area contributed by atoms with E-state index in [1.165, 1.54) is 0 Å². The molecule has 6 nitrogen and oxygen atoms in total. The molecule has 10 unspecified atom stereocenters. The van der Waals surface area contributed by atoms with E-state index < -0.39 is 29.8 Å². The summed E-state index contributed by atoms with van der Waals surface area (Å²) in [5.74, 6) is 0.974. The van der Waals surface area contributed by atoms with Crippen LogP contribution in [0.2, 0.25) is 0 Å². The number of cyclic esters (lactones) is 1. The zero-order valence-electron chi connectivity index (χ0n) is 22.0. The molecule has 1 aliphatic heterocycles. The highest BCUT2D eigenvalue weighted by Crippen LogP contribution is 2.66. The van der Waals surface area contributed by atoms with Gasteiger partial charge in [-0.1, -0.05) is 34.6 Å². The maximum Gasteiger partial charge on any atom is 0.309 e. The van der Waals surface area contributed by atoms with Gasteiger partial charge in [0.2, 0.25) is 0 Å². The molecule has 6 heteroatoms. The van der Waals surface area contributed by atoms with Crippen molar-refractivity contribution in [3.05, 3.63) is 0 Å². The van der Waals surface area contributed by atoms with Gasteiger partial charge in [0.1, 0.15) is 0 Å². The van der Waals surface area contributed by atoms with E-state index in [-0.39, 0.29) is 41.0 Å². The van der Waals surface area contributed by atoms with Gasteiger partial charge >= 0.3 is 5.97 Å². The van der Waals surface area contributed by atoms with Crippen LogP contribution in [0.4, 0.5) is 0 Å². The zero-order chi connectivity index (χ0) is 25.2. The molecule has 0 aromatic heterocycles. The summed E-state index contributed by atoms with van der Waals surface area (Å²) >= 11 is 0. The summed E-state index contributed by atoms with van der Waals surface area (Å²) in [7, 11) is 0. The lowest BCUT2D eigenvalue weighted by Gasteiger charge is -2.56. The highest BCUT2D eigenvalue weighted by molar-refractivity contribution is 5.74. The van der Waals surface area contributed by atoms with Crippen molar-refractivity contribution in [3.8, 4) is 0 Å². The molecule has 0 aromatic carbocycles. The molecule has 3 aliphatic carbocycles. The summed E-state index contributed by atoms with van der Waals surface area (Å²) in [6.07, 6.45) is 3.06. The van der Waals surface area contributed by atoms with Gasteiger partial charge in [0, 0.05) is 0 Å². The van der Waals surface area contributed by atoms with Crippen molar-refractivity contribution >= 4 is 5.97 Å². The number of fused-ring (bicyclic) bond motifs is 5. The van der Waals surface area contributed by atoms with Crippen LogP contribution in [0.3, 0.4) is 0 Å². The van der Waals surface area contributed by atoms with E-state index in [4.69, 9.17) is 4.74 Å². The van der Waals surface area contributed by atoms with Crippen LogP contribution in [-0.2, 0) is 9.53 Å². The highest BCUT2D eigenvalue weighted by atomic mass is 16.5. The van der Waals surface area contributed by atoms with Crippen molar-refractivity contribution in [2.75, 3.05) is 6.61 Å². The number of aliphatic hydroxyl groups excluding tert-OH is 3. The Hall–Kier alpha value is -0.690. The van der Waals surface area contributed by atoms with Crippen LogP contribution >= 0.6 is 0 Å². The van der Waals surface area contributed by atoms with Gasteiger partial charge in [0.15, 0.2) is 0 Å². The maximum absolute atomic E-state index is 13.1. The van der Waals surface area contributed by atoms with Crippen LogP contribution in [0, 0.1) is 52.3 Å². The minimum absolute atomic E-state index is 0.0452. The van der Waals surface area contributed by atoms with Crippen molar-refractivity contribution < 1.29 is 30.0 Å². The number of carbonyl (C=O) groups is 1. The number of ether oxygens (including phenoxy) is 1. The fraction of sp³-hybridized carbons (Fsp3) is 0.964. The van der Waals surface area contributed by atoms with Gasteiger partial charge in [-0.05, 0) is 98.2 Å². The van der Waals surface area contributed by atoms with Gasteiger partial charge in [0.05, 0.1) is 36.4 Å². The van der Waals surface area contributed by atoms with E-state index in [0.29, 0.717) is 37.2 Å². The fourth-order valence-electron chi connectivity index (χ4n) is 8.61. The van der Waals surface area contributed by atoms with Gasteiger partial charge < -0.3 is 25.2 Å². The Labute approximate surface area is 205 Å². The van der Waals surface area contributed by atoms with E-state index in [1.54, 1.807) is 6.92 Å². The SMILES string of the molecule is CC(C)C(C)C(O)C(O)CC1CCC2C3COC(=O)C4C[C@@](C)(O)[C@H](O)CC4(C)C3CCC12C. The summed E-state index contributed by atoms with van der Waals surface area (Å²) in [6, 6.07) is 0. The Balaban J connectivity index is 1.55. The molecule has 1 saturated heterocycles. The fourth-order valence-corrected chi connectivity index (χ4v) is 8.61. The summed E-state index contributed by atoms with van der Waals surface area (Å²) in [4.78, 5) is 13.1. The van der Waals surface area contributed by atoms with Gasteiger partial charge in [-0.3, -0.25) is 4.79 Å². The average molecular weight is 481 g/mol. The molecule has 12 atom stereocenters. The highest BCUT2D eigenvalue weighted by Gasteiger charge is 2.63. The van der Waals surface area contributed by atoms with Crippen LogP contribution in [0.25, 0.3) is 0 Å². The minimum atomic E-state index is -1.27. The predicted octanol–water partition coefficient (Wildman–Crippen LogP) is 3.53. The van der Waals surface area contributed by atoms with Crippen LogP contribution in [0.1, 0.15) is 86.5 Å². The molecule has 4 aliphatic rings. The van der Waals surface area contributed by atoms with Gasteiger partial charge in [-0.25, -0.2) is 0 Å². The third-order valence-corrected chi connectivity index (χ3v) is 11.5. The Morgan fingerprint density at radius 2 is 1.65 bits per heavy atom. The molecule has 4 rings (SSSR count).